The maximum Gasteiger partial charge on any atom is 0.316 e. The zero-order valence-corrected chi connectivity index (χ0v) is 16.1. The molecule has 0 bridgehead atoms. The molecule has 138 valence electrons. The minimum Gasteiger partial charge on any atom is -0.467 e. The van der Waals surface area contributed by atoms with E-state index in [1.165, 1.54) is 23.1 Å². The predicted octanol–water partition coefficient (Wildman–Crippen LogP) is 3.91. The van der Waals surface area contributed by atoms with Crippen LogP contribution in [0.2, 0.25) is 0 Å². The van der Waals surface area contributed by atoms with Crippen molar-refractivity contribution in [1.29, 1.82) is 0 Å². The molecule has 6 nitrogen and oxygen atoms in total. The van der Waals surface area contributed by atoms with Gasteiger partial charge in [0.2, 0.25) is 0 Å². The van der Waals surface area contributed by atoms with Crippen molar-refractivity contribution >= 4 is 49.4 Å². The van der Waals surface area contributed by atoms with Crippen LogP contribution >= 0.6 is 23.1 Å². The minimum absolute atomic E-state index is 0.0893. The zero-order valence-electron chi connectivity index (χ0n) is 14.5. The first-order chi connectivity index (χ1) is 13.2. The smallest absolute Gasteiger partial charge is 0.316 e. The Morgan fingerprint density at radius 3 is 2.93 bits per heavy atom. The molecule has 0 radical (unpaired) electrons. The Balaban J connectivity index is 1.84. The summed E-state index contributed by atoms with van der Waals surface area (Å²) in [6.07, 6.45) is 1.57. The molecule has 0 atom stereocenters. The average Bonchev–Trinajstić information content (AvgIpc) is 3.31. The van der Waals surface area contributed by atoms with Gasteiger partial charge in [-0.25, -0.2) is 4.98 Å². The van der Waals surface area contributed by atoms with E-state index in [2.05, 4.69) is 0 Å². The van der Waals surface area contributed by atoms with Crippen LogP contribution in [-0.2, 0) is 16.1 Å². The largest absolute Gasteiger partial charge is 0.467 e. The first kappa shape index (κ1) is 17.8. The fourth-order valence-electron chi connectivity index (χ4n) is 2.79. The lowest BCUT2D eigenvalue weighted by molar-refractivity contribution is -0.139. The van der Waals surface area contributed by atoms with Gasteiger partial charge in [-0.3, -0.25) is 14.2 Å². The molecule has 1 aromatic carbocycles. The molecule has 0 saturated carbocycles. The van der Waals surface area contributed by atoms with Gasteiger partial charge in [0.15, 0.2) is 5.16 Å². The Labute approximate surface area is 162 Å². The zero-order chi connectivity index (χ0) is 18.8. The molecule has 0 aliphatic rings. The number of aromatic nitrogens is 2. The molecule has 0 N–H and O–H groups in total. The van der Waals surface area contributed by atoms with Crippen molar-refractivity contribution < 1.29 is 13.9 Å². The van der Waals surface area contributed by atoms with Gasteiger partial charge >= 0.3 is 5.97 Å². The van der Waals surface area contributed by atoms with Crippen molar-refractivity contribution in [2.24, 2.45) is 0 Å². The van der Waals surface area contributed by atoms with E-state index in [-0.39, 0.29) is 23.8 Å². The van der Waals surface area contributed by atoms with Gasteiger partial charge in [-0.15, -0.1) is 11.3 Å². The van der Waals surface area contributed by atoms with Gasteiger partial charge < -0.3 is 9.15 Å². The fourth-order valence-corrected chi connectivity index (χ4v) is 4.67. The molecule has 3 heterocycles. The number of benzene rings is 1. The van der Waals surface area contributed by atoms with Gasteiger partial charge in [0.1, 0.15) is 10.5 Å². The number of fused-ring (bicyclic) bond motifs is 3. The van der Waals surface area contributed by atoms with Gasteiger partial charge in [-0.1, -0.05) is 30.0 Å². The summed E-state index contributed by atoms with van der Waals surface area (Å²) in [5.74, 6) is 0.403. The van der Waals surface area contributed by atoms with Crippen LogP contribution in [0.3, 0.4) is 0 Å². The summed E-state index contributed by atoms with van der Waals surface area (Å²) in [6.45, 7) is 2.34. The summed E-state index contributed by atoms with van der Waals surface area (Å²) in [7, 11) is 0. The van der Waals surface area contributed by atoms with Crippen molar-refractivity contribution in [3.05, 3.63) is 58.8 Å². The molecule has 0 unspecified atom stereocenters. The van der Waals surface area contributed by atoms with Crippen molar-refractivity contribution in [3.63, 3.8) is 0 Å². The summed E-state index contributed by atoms with van der Waals surface area (Å²) < 4.78 is 13.6. The summed E-state index contributed by atoms with van der Waals surface area (Å²) in [5.41, 5.74) is 0.534. The van der Waals surface area contributed by atoms with Crippen LogP contribution in [0.5, 0.6) is 0 Å². The van der Waals surface area contributed by atoms with Crippen molar-refractivity contribution in [2.75, 3.05) is 12.4 Å². The van der Waals surface area contributed by atoms with Gasteiger partial charge in [-0.05, 0) is 25.1 Å². The van der Waals surface area contributed by atoms with E-state index >= 15 is 0 Å². The number of hydrogen-bond acceptors (Lipinski definition) is 7. The highest BCUT2D eigenvalue weighted by molar-refractivity contribution is 7.99. The number of ether oxygens (including phenoxy) is 1. The number of nitrogens with zero attached hydrogens (tertiary/aromatic N) is 2. The molecule has 8 heteroatoms. The monoisotopic (exact) mass is 400 g/mol. The number of thiophene rings is 1. The molecule has 0 fully saturated rings. The van der Waals surface area contributed by atoms with Crippen molar-refractivity contribution in [1.82, 2.24) is 9.55 Å². The molecule has 3 aromatic heterocycles. The van der Waals surface area contributed by atoms with Gasteiger partial charge in [-0.2, -0.15) is 0 Å². The molecule has 0 saturated heterocycles. The molecule has 0 aliphatic carbocycles. The summed E-state index contributed by atoms with van der Waals surface area (Å²) in [5, 5.41) is 1.42. The van der Waals surface area contributed by atoms with Crippen LogP contribution in [0.25, 0.3) is 20.3 Å². The molecular formula is C19H16N2O4S2. The summed E-state index contributed by atoms with van der Waals surface area (Å²) in [4.78, 5) is 29.7. The van der Waals surface area contributed by atoms with Crippen LogP contribution in [0.15, 0.2) is 57.0 Å². The number of thioether (sulfide) groups is 1. The number of carbonyl (C=O) groups is 1. The van der Waals surface area contributed by atoms with Gasteiger partial charge in [0.05, 0.1) is 30.7 Å². The van der Waals surface area contributed by atoms with E-state index in [0.717, 1.165) is 10.1 Å². The van der Waals surface area contributed by atoms with E-state index in [9.17, 15) is 9.59 Å². The van der Waals surface area contributed by atoms with Crippen LogP contribution < -0.4 is 5.56 Å². The standard InChI is InChI=1S/C19H16N2O4S2/c1-2-24-15(22)11-26-19-20-16-13-7-3-4-8-14(13)27-17(16)18(23)21(19)10-12-6-5-9-25-12/h3-9H,2,10-11H2,1H3. The molecule has 4 rings (SSSR count). The summed E-state index contributed by atoms with van der Waals surface area (Å²) in [6, 6.07) is 11.4. The second-order valence-electron chi connectivity index (χ2n) is 5.73. The topological polar surface area (TPSA) is 74.3 Å². The third-order valence-corrected chi connectivity index (χ3v) is 6.06. The lowest BCUT2D eigenvalue weighted by atomic mass is 10.2. The quantitative estimate of drug-likeness (QED) is 0.278. The Kier molecular flexibility index (Phi) is 5.00. The highest BCUT2D eigenvalue weighted by Crippen LogP contribution is 2.32. The lowest BCUT2D eigenvalue weighted by Gasteiger charge is -2.10. The van der Waals surface area contributed by atoms with Crippen LogP contribution in [0.4, 0.5) is 0 Å². The number of hydrogen-bond donors (Lipinski definition) is 0. The number of rotatable bonds is 6. The van der Waals surface area contributed by atoms with E-state index in [1.807, 2.05) is 24.3 Å². The Hall–Kier alpha value is -2.58. The Bertz CT molecular complexity index is 1160. The van der Waals surface area contributed by atoms with E-state index in [4.69, 9.17) is 14.1 Å². The average molecular weight is 400 g/mol. The fraction of sp³-hybridized carbons (Fsp3) is 0.211. The van der Waals surface area contributed by atoms with Crippen LogP contribution in [0.1, 0.15) is 12.7 Å². The minimum atomic E-state index is -0.337. The van der Waals surface area contributed by atoms with E-state index in [0.29, 0.717) is 27.7 Å². The lowest BCUT2D eigenvalue weighted by Crippen LogP contribution is -2.23. The molecular weight excluding hydrogens is 384 g/mol. The van der Waals surface area contributed by atoms with Crippen molar-refractivity contribution in [3.8, 4) is 0 Å². The third-order valence-electron chi connectivity index (χ3n) is 3.97. The second-order valence-corrected chi connectivity index (χ2v) is 7.73. The van der Waals surface area contributed by atoms with Gasteiger partial charge in [0.25, 0.3) is 5.56 Å². The number of furan rings is 1. The molecule has 4 aromatic rings. The number of carbonyl (C=O) groups excluding carboxylic acids is 1. The van der Waals surface area contributed by atoms with Gasteiger partial charge in [0, 0.05) is 10.1 Å². The second kappa shape index (κ2) is 7.58. The third kappa shape index (κ3) is 3.50. The molecule has 27 heavy (non-hydrogen) atoms. The van der Waals surface area contributed by atoms with E-state index < -0.39 is 0 Å². The van der Waals surface area contributed by atoms with E-state index in [1.54, 1.807) is 29.9 Å². The highest BCUT2D eigenvalue weighted by atomic mass is 32.2. The Morgan fingerprint density at radius 1 is 1.30 bits per heavy atom. The van der Waals surface area contributed by atoms with Crippen LogP contribution in [0, 0.1) is 0 Å². The highest BCUT2D eigenvalue weighted by Gasteiger charge is 2.18. The maximum absolute atomic E-state index is 13.2. The predicted molar refractivity (Wildman–Crippen MR) is 107 cm³/mol. The first-order valence-corrected chi connectivity index (χ1v) is 10.2. The molecule has 0 aliphatic heterocycles. The maximum atomic E-state index is 13.2. The molecule has 0 amide bonds. The SMILES string of the molecule is CCOC(=O)CSc1nc2c(sc3ccccc32)c(=O)n1Cc1ccco1. The first-order valence-electron chi connectivity index (χ1n) is 8.40. The normalized spacial score (nSPS) is 11.3. The molecule has 0 spiro atoms. The Morgan fingerprint density at radius 2 is 2.15 bits per heavy atom. The number of esters is 1. The van der Waals surface area contributed by atoms with Crippen LogP contribution in [-0.4, -0.2) is 27.9 Å². The van der Waals surface area contributed by atoms with Crippen molar-refractivity contribution in [2.45, 2.75) is 18.6 Å². The summed E-state index contributed by atoms with van der Waals surface area (Å²) >= 11 is 2.63.